The first-order valence-corrected chi connectivity index (χ1v) is 7.70. The van der Waals surface area contributed by atoms with Gasteiger partial charge in [0.25, 0.3) is 0 Å². The third-order valence-electron chi connectivity index (χ3n) is 4.82. The number of phenolic OH excluding ortho intramolecular Hbond substituents is 2. The summed E-state index contributed by atoms with van der Waals surface area (Å²) in [6.45, 7) is 0.875. The zero-order valence-corrected chi connectivity index (χ0v) is 14.4. The Balaban J connectivity index is 0.00000169. The molecule has 0 unspecified atom stereocenters. The number of hydrogen-bond acceptors (Lipinski definition) is 5. The van der Waals surface area contributed by atoms with Gasteiger partial charge in [-0.3, -0.25) is 0 Å². The second-order valence-corrected chi connectivity index (χ2v) is 6.02. The Labute approximate surface area is 146 Å². The molecule has 0 radical (unpaired) electrons. The molecule has 0 spiro atoms. The molecule has 3 N–H and O–H groups in total. The lowest BCUT2D eigenvalue weighted by molar-refractivity contribution is 0.368. The maximum absolute atomic E-state index is 10.4. The fraction of sp³-hybridized carbons (Fsp3) is 0.333. The summed E-state index contributed by atoms with van der Waals surface area (Å²) in [6.07, 6.45) is 1.67. The van der Waals surface area contributed by atoms with Crippen molar-refractivity contribution < 1.29 is 19.7 Å². The van der Waals surface area contributed by atoms with Crippen molar-refractivity contribution in [1.82, 2.24) is 5.32 Å². The fourth-order valence-electron chi connectivity index (χ4n) is 3.85. The molecule has 4 rings (SSSR count). The Hall–Kier alpha value is -2.11. The molecule has 1 heterocycles. The zero-order chi connectivity index (χ0) is 16.1. The minimum absolute atomic E-state index is 0. The molecular weight excluding hydrogens is 330 g/mol. The SMILES string of the molecule is COc1cc2c(cc1O)C[C@@H]1NCCc3cc(O)c(OC)c-2c31.Cl. The molecule has 0 aromatic heterocycles. The van der Waals surface area contributed by atoms with Crippen LogP contribution in [0, 0.1) is 0 Å². The minimum Gasteiger partial charge on any atom is -0.504 e. The number of ether oxygens (including phenoxy) is 2. The first-order chi connectivity index (χ1) is 11.1. The number of hydrogen-bond donors (Lipinski definition) is 3. The van der Waals surface area contributed by atoms with Crippen molar-refractivity contribution in [3.8, 4) is 34.1 Å². The van der Waals surface area contributed by atoms with Crippen LogP contribution in [0.3, 0.4) is 0 Å². The molecule has 6 heteroatoms. The van der Waals surface area contributed by atoms with Crippen LogP contribution in [0.2, 0.25) is 0 Å². The zero-order valence-electron chi connectivity index (χ0n) is 13.5. The lowest BCUT2D eigenvalue weighted by Gasteiger charge is -2.35. The number of halogens is 1. The summed E-state index contributed by atoms with van der Waals surface area (Å²) in [5.41, 5.74) is 5.21. The van der Waals surface area contributed by atoms with Gasteiger partial charge < -0.3 is 25.0 Å². The molecule has 1 aliphatic heterocycles. The Morgan fingerprint density at radius 3 is 2.50 bits per heavy atom. The van der Waals surface area contributed by atoms with Gasteiger partial charge in [0.1, 0.15) is 0 Å². The van der Waals surface area contributed by atoms with Crippen LogP contribution < -0.4 is 14.8 Å². The second-order valence-electron chi connectivity index (χ2n) is 6.02. The van der Waals surface area contributed by atoms with Gasteiger partial charge in [0.2, 0.25) is 0 Å². The fourth-order valence-corrected chi connectivity index (χ4v) is 3.85. The summed E-state index contributed by atoms with van der Waals surface area (Å²) < 4.78 is 10.8. The van der Waals surface area contributed by atoms with E-state index in [0.29, 0.717) is 11.5 Å². The number of methoxy groups -OCH3 is 2. The molecule has 1 atom stereocenters. The summed E-state index contributed by atoms with van der Waals surface area (Å²) in [4.78, 5) is 0. The maximum Gasteiger partial charge on any atom is 0.168 e. The van der Waals surface area contributed by atoms with Crippen molar-refractivity contribution in [2.24, 2.45) is 0 Å². The molecular formula is C18H20ClNO4. The van der Waals surface area contributed by atoms with Crippen molar-refractivity contribution in [2.45, 2.75) is 18.9 Å². The van der Waals surface area contributed by atoms with Crippen LogP contribution in [0.25, 0.3) is 11.1 Å². The van der Waals surface area contributed by atoms with Crippen molar-refractivity contribution in [1.29, 1.82) is 0 Å². The third kappa shape index (κ3) is 2.27. The van der Waals surface area contributed by atoms with Crippen LogP contribution in [0.4, 0.5) is 0 Å². The first kappa shape index (κ1) is 16.7. The van der Waals surface area contributed by atoms with E-state index in [4.69, 9.17) is 9.47 Å². The predicted molar refractivity (Wildman–Crippen MR) is 93.7 cm³/mol. The van der Waals surface area contributed by atoms with Gasteiger partial charge in [-0.05, 0) is 59.8 Å². The Morgan fingerprint density at radius 1 is 1.04 bits per heavy atom. The van der Waals surface area contributed by atoms with Gasteiger partial charge in [-0.2, -0.15) is 0 Å². The molecule has 24 heavy (non-hydrogen) atoms. The summed E-state index contributed by atoms with van der Waals surface area (Å²) in [5, 5.41) is 24.0. The highest BCUT2D eigenvalue weighted by molar-refractivity contribution is 5.85. The Bertz CT molecular complexity index is 806. The van der Waals surface area contributed by atoms with Gasteiger partial charge >= 0.3 is 0 Å². The predicted octanol–water partition coefficient (Wildman–Crippen LogP) is 2.95. The summed E-state index contributed by atoms with van der Waals surface area (Å²) in [7, 11) is 3.10. The third-order valence-corrected chi connectivity index (χ3v) is 4.82. The summed E-state index contributed by atoms with van der Waals surface area (Å²) >= 11 is 0. The van der Waals surface area contributed by atoms with E-state index in [-0.39, 0.29) is 29.9 Å². The van der Waals surface area contributed by atoms with Crippen LogP contribution in [0.1, 0.15) is 22.7 Å². The first-order valence-electron chi connectivity index (χ1n) is 7.70. The molecule has 2 aromatic rings. The van der Waals surface area contributed by atoms with E-state index in [1.165, 1.54) is 12.7 Å². The molecule has 2 aliphatic rings. The Morgan fingerprint density at radius 2 is 1.79 bits per heavy atom. The van der Waals surface area contributed by atoms with Gasteiger partial charge in [0.15, 0.2) is 23.0 Å². The number of phenols is 2. The number of rotatable bonds is 2. The molecule has 0 amide bonds. The van der Waals surface area contributed by atoms with Crippen molar-refractivity contribution in [3.63, 3.8) is 0 Å². The average molecular weight is 350 g/mol. The highest BCUT2D eigenvalue weighted by atomic mass is 35.5. The van der Waals surface area contributed by atoms with Gasteiger partial charge in [0.05, 0.1) is 14.2 Å². The van der Waals surface area contributed by atoms with Crippen LogP contribution in [0.15, 0.2) is 18.2 Å². The molecule has 1 aliphatic carbocycles. The van der Waals surface area contributed by atoms with E-state index in [2.05, 4.69) is 5.32 Å². The molecule has 0 saturated carbocycles. The minimum atomic E-state index is 0. The molecule has 0 bridgehead atoms. The van der Waals surface area contributed by atoms with Crippen LogP contribution in [-0.4, -0.2) is 31.0 Å². The van der Waals surface area contributed by atoms with Crippen LogP contribution in [-0.2, 0) is 12.8 Å². The largest absolute Gasteiger partial charge is 0.504 e. The van der Waals surface area contributed by atoms with Gasteiger partial charge in [-0.1, -0.05) is 0 Å². The normalized spacial score (nSPS) is 17.3. The smallest absolute Gasteiger partial charge is 0.168 e. The van der Waals surface area contributed by atoms with Gasteiger partial charge in [-0.25, -0.2) is 0 Å². The van der Waals surface area contributed by atoms with E-state index in [9.17, 15) is 10.2 Å². The number of fused-ring (bicyclic) bond motifs is 2. The van der Waals surface area contributed by atoms with Crippen molar-refractivity contribution in [2.75, 3.05) is 20.8 Å². The molecule has 0 fully saturated rings. The van der Waals surface area contributed by atoms with E-state index in [1.807, 2.05) is 12.1 Å². The molecule has 2 aromatic carbocycles. The van der Waals surface area contributed by atoms with E-state index in [1.54, 1.807) is 13.2 Å². The highest BCUT2D eigenvalue weighted by Crippen LogP contribution is 2.52. The molecule has 128 valence electrons. The summed E-state index contributed by atoms with van der Waals surface area (Å²) in [5.74, 6) is 1.18. The lowest BCUT2D eigenvalue weighted by Crippen LogP contribution is -2.33. The lowest BCUT2D eigenvalue weighted by atomic mass is 9.77. The summed E-state index contributed by atoms with van der Waals surface area (Å²) in [6, 6.07) is 5.56. The van der Waals surface area contributed by atoms with Crippen LogP contribution in [0.5, 0.6) is 23.0 Å². The molecule has 5 nitrogen and oxygen atoms in total. The van der Waals surface area contributed by atoms with E-state index in [0.717, 1.165) is 41.6 Å². The highest BCUT2D eigenvalue weighted by Gasteiger charge is 2.34. The topological polar surface area (TPSA) is 71.0 Å². The average Bonchev–Trinajstić information content (AvgIpc) is 2.54. The Kier molecular flexibility index (Phi) is 4.24. The monoisotopic (exact) mass is 349 g/mol. The standard InChI is InChI=1S/C18H19NO4.ClH/c1-22-15-8-11-10(7-13(15)20)5-12-16-9(3-4-19-12)6-14(21)18(23-2)17(11)16;/h6-8,12,19-21H,3-5H2,1-2H3;1H/t12-;/m0./s1. The number of benzene rings is 2. The van der Waals surface area contributed by atoms with E-state index < -0.39 is 0 Å². The second kappa shape index (κ2) is 6.07. The van der Waals surface area contributed by atoms with Crippen molar-refractivity contribution in [3.05, 3.63) is 34.9 Å². The van der Waals surface area contributed by atoms with E-state index >= 15 is 0 Å². The van der Waals surface area contributed by atoms with Crippen LogP contribution >= 0.6 is 12.4 Å². The van der Waals surface area contributed by atoms with Gasteiger partial charge in [-0.15, -0.1) is 12.4 Å². The maximum atomic E-state index is 10.4. The quantitative estimate of drug-likeness (QED) is 0.777. The van der Waals surface area contributed by atoms with Gasteiger partial charge in [0, 0.05) is 11.6 Å². The molecule has 0 saturated heterocycles. The number of aromatic hydroxyl groups is 2. The van der Waals surface area contributed by atoms with Crippen molar-refractivity contribution >= 4 is 12.4 Å². The number of nitrogens with one attached hydrogen (secondary N) is 1.